The third kappa shape index (κ3) is 3.13. The molecule has 1 N–H and O–H groups in total. The van der Waals surface area contributed by atoms with Crippen molar-refractivity contribution in [2.45, 2.75) is 0 Å². The SMILES string of the molecule is COCOc1cccc(NC=O)c1. The Bertz CT molecular complexity index is 275. The van der Waals surface area contributed by atoms with E-state index < -0.39 is 0 Å². The number of carbonyl (C=O) groups excluding carboxylic acids is 1. The van der Waals surface area contributed by atoms with E-state index in [1.807, 2.05) is 0 Å². The van der Waals surface area contributed by atoms with Gasteiger partial charge in [0.2, 0.25) is 6.41 Å². The molecule has 0 aliphatic carbocycles. The molecule has 0 heterocycles. The molecule has 0 aliphatic rings. The van der Waals surface area contributed by atoms with E-state index in [-0.39, 0.29) is 6.79 Å². The first-order valence-corrected chi connectivity index (χ1v) is 3.79. The second-order valence-electron chi connectivity index (χ2n) is 2.34. The highest BCUT2D eigenvalue weighted by Crippen LogP contribution is 2.16. The molecule has 0 aliphatic heterocycles. The molecule has 4 heteroatoms. The van der Waals surface area contributed by atoms with Crippen LogP contribution in [0.25, 0.3) is 0 Å². The quantitative estimate of drug-likeness (QED) is 0.549. The second kappa shape index (κ2) is 5.16. The number of anilines is 1. The van der Waals surface area contributed by atoms with Gasteiger partial charge in [0.15, 0.2) is 6.79 Å². The number of methoxy groups -OCH3 is 1. The highest BCUT2D eigenvalue weighted by Gasteiger charge is 1.94. The average molecular weight is 181 g/mol. The van der Waals surface area contributed by atoms with Crippen LogP contribution in [-0.4, -0.2) is 20.3 Å². The van der Waals surface area contributed by atoms with Gasteiger partial charge in [-0.15, -0.1) is 0 Å². The molecule has 1 aromatic rings. The zero-order chi connectivity index (χ0) is 9.52. The van der Waals surface area contributed by atoms with Crippen LogP contribution in [0.15, 0.2) is 24.3 Å². The van der Waals surface area contributed by atoms with Crippen molar-refractivity contribution < 1.29 is 14.3 Å². The molecule has 0 fully saturated rings. The maximum atomic E-state index is 10.1. The summed E-state index contributed by atoms with van der Waals surface area (Å²) in [6.45, 7) is 0.199. The molecular formula is C9H11NO3. The van der Waals surface area contributed by atoms with E-state index in [4.69, 9.17) is 9.47 Å². The third-order valence-corrected chi connectivity index (χ3v) is 1.40. The van der Waals surface area contributed by atoms with Gasteiger partial charge in [-0.2, -0.15) is 0 Å². The lowest BCUT2D eigenvalue weighted by atomic mass is 10.3. The Morgan fingerprint density at radius 1 is 1.54 bits per heavy atom. The van der Waals surface area contributed by atoms with Gasteiger partial charge in [0.1, 0.15) is 5.75 Å². The number of hydrogen-bond acceptors (Lipinski definition) is 3. The van der Waals surface area contributed by atoms with Crippen molar-refractivity contribution in [3.63, 3.8) is 0 Å². The molecule has 70 valence electrons. The van der Waals surface area contributed by atoms with Crippen molar-refractivity contribution in [1.82, 2.24) is 0 Å². The summed E-state index contributed by atoms with van der Waals surface area (Å²) in [5, 5.41) is 2.52. The molecule has 0 radical (unpaired) electrons. The number of carbonyl (C=O) groups is 1. The lowest BCUT2D eigenvalue weighted by molar-refractivity contribution is -0.105. The molecule has 0 bridgehead atoms. The smallest absolute Gasteiger partial charge is 0.211 e. The van der Waals surface area contributed by atoms with Crippen molar-refractivity contribution in [2.75, 3.05) is 19.2 Å². The predicted molar refractivity (Wildman–Crippen MR) is 48.6 cm³/mol. The average Bonchev–Trinajstić information content (AvgIpc) is 2.16. The summed E-state index contributed by atoms with van der Waals surface area (Å²) in [4.78, 5) is 10.1. The maximum absolute atomic E-state index is 10.1. The summed E-state index contributed by atoms with van der Waals surface area (Å²) >= 11 is 0. The number of hydrogen-bond donors (Lipinski definition) is 1. The van der Waals surface area contributed by atoms with Crippen LogP contribution in [0, 0.1) is 0 Å². The fraction of sp³-hybridized carbons (Fsp3) is 0.222. The summed E-state index contributed by atoms with van der Waals surface area (Å²) in [5.74, 6) is 0.661. The van der Waals surface area contributed by atoms with E-state index in [0.29, 0.717) is 17.8 Å². The molecule has 1 amide bonds. The summed E-state index contributed by atoms with van der Waals surface area (Å²) in [6, 6.07) is 7.06. The van der Waals surface area contributed by atoms with Gasteiger partial charge in [-0.1, -0.05) is 6.07 Å². The fourth-order valence-corrected chi connectivity index (χ4v) is 0.871. The van der Waals surface area contributed by atoms with Crippen LogP contribution in [0.5, 0.6) is 5.75 Å². The van der Waals surface area contributed by atoms with E-state index in [1.54, 1.807) is 31.4 Å². The first kappa shape index (κ1) is 9.54. The summed E-state index contributed by atoms with van der Waals surface area (Å²) < 4.78 is 9.90. The summed E-state index contributed by atoms with van der Waals surface area (Å²) in [6.07, 6.45) is 0.620. The molecule has 0 spiro atoms. The van der Waals surface area contributed by atoms with E-state index in [0.717, 1.165) is 0 Å². The molecule has 4 nitrogen and oxygen atoms in total. The van der Waals surface area contributed by atoms with Gasteiger partial charge >= 0.3 is 0 Å². The second-order valence-corrected chi connectivity index (χ2v) is 2.34. The Kier molecular flexibility index (Phi) is 3.78. The minimum atomic E-state index is 0.199. The third-order valence-electron chi connectivity index (χ3n) is 1.40. The Balaban J connectivity index is 2.61. The number of nitrogens with one attached hydrogen (secondary N) is 1. The van der Waals surface area contributed by atoms with Gasteiger partial charge in [-0.25, -0.2) is 0 Å². The number of rotatable bonds is 5. The molecular weight excluding hydrogens is 170 g/mol. The first-order valence-electron chi connectivity index (χ1n) is 3.79. The zero-order valence-electron chi connectivity index (χ0n) is 7.32. The Morgan fingerprint density at radius 3 is 3.08 bits per heavy atom. The predicted octanol–water partition coefficient (Wildman–Crippen LogP) is 1.24. The molecule has 1 aromatic carbocycles. The van der Waals surface area contributed by atoms with E-state index in [1.165, 1.54) is 0 Å². The Labute approximate surface area is 76.5 Å². The highest BCUT2D eigenvalue weighted by molar-refractivity contribution is 5.71. The minimum absolute atomic E-state index is 0.199. The standard InChI is InChI=1S/C9H11NO3/c1-12-7-13-9-4-2-3-8(5-9)10-6-11/h2-6H,7H2,1H3,(H,10,11). The van der Waals surface area contributed by atoms with Gasteiger partial charge in [0, 0.05) is 18.9 Å². The number of amides is 1. The van der Waals surface area contributed by atoms with Gasteiger partial charge in [-0.05, 0) is 12.1 Å². The molecule has 0 aromatic heterocycles. The zero-order valence-corrected chi connectivity index (χ0v) is 7.32. The van der Waals surface area contributed by atoms with Crippen LogP contribution in [0.3, 0.4) is 0 Å². The molecule has 0 atom stereocenters. The Hall–Kier alpha value is -1.55. The fourth-order valence-electron chi connectivity index (χ4n) is 0.871. The normalized spacial score (nSPS) is 9.31. The van der Waals surface area contributed by atoms with Gasteiger partial charge in [-0.3, -0.25) is 4.79 Å². The van der Waals surface area contributed by atoms with Crippen molar-refractivity contribution in [3.05, 3.63) is 24.3 Å². The Morgan fingerprint density at radius 2 is 2.38 bits per heavy atom. The van der Waals surface area contributed by atoms with Crippen LogP contribution in [0.2, 0.25) is 0 Å². The first-order chi connectivity index (χ1) is 6.36. The molecule has 1 rings (SSSR count). The van der Waals surface area contributed by atoms with E-state index in [9.17, 15) is 4.79 Å². The lowest BCUT2D eigenvalue weighted by Gasteiger charge is -2.05. The number of ether oxygens (including phenoxy) is 2. The summed E-state index contributed by atoms with van der Waals surface area (Å²) in [7, 11) is 1.55. The van der Waals surface area contributed by atoms with Crippen molar-refractivity contribution in [1.29, 1.82) is 0 Å². The highest BCUT2D eigenvalue weighted by atomic mass is 16.7. The monoisotopic (exact) mass is 181 g/mol. The number of benzene rings is 1. The largest absolute Gasteiger partial charge is 0.467 e. The van der Waals surface area contributed by atoms with Crippen LogP contribution in [-0.2, 0) is 9.53 Å². The molecule has 0 saturated heterocycles. The minimum Gasteiger partial charge on any atom is -0.467 e. The maximum Gasteiger partial charge on any atom is 0.211 e. The molecule has 0 saturated carbocycles. The van der Waals surface area contributed by atoms with Gasteiger partial charge in [0.25, 0.3) is 0 Å². The topological polar surface area (TPSA) is 47.6 Å². The van der Waals surface area contributed by atoms with E-state index >= 15 is 0 Å². The van der Waals surface area contributed by atoms with Crippen molar-refractivity contribution >= 4 is 12.1 Å². The van der Waals surface area contributed by atoms with Crippen LogP contribution in [0.4, 0.5) is 5.69 Å². The van der Waals surface area contributed by atoms with Gasteiger partial charge in [0.05, 0.1) is 0 Å². The van der Waals surface area contributed by atoms with Crippen LogP contribution < -0.4 is 10.1 Å². The van der Waals surface area contributed by atoms with Crippen LogP contribution in [0.1, 0.15) is 0 Å². The van der Waals surface area contributed by atoms with Gasteiger partial charge < -0.3 is 14.8 Å². The van der Waals surface area contributed by atoms with Crippen molar-refractivity contribution in [2.24, 2.45) is 0 Å². The molecule has 13 heavy (non-hydrogen) atoms. The molecule has 0 unspecified atom stereocenters. The van der Waals surface area contributed by atoms with Crippen molar-refractivity contribution in [3.8, 4) is 5.75 Å². The van der Waals surface area contributed by atoms with Crippen LogP contribution >= 0.6 is 0 Å². The summed E-state index contributed by atoms with van der Waals surface area (Å²) in [5.41, 5.74) is 0.698. The van der Waals surface area contributed by atoms with E-state index in [2.05, 4.69) is 5.32 Å². The lowest BCUT2D eigenvalue weighted by Crippen LogP contribution is -1.99.